The largest absolute Gasteiger partial charge is 0.395 e. The number of aryl methyl sites for hydroxylation is 1. The first-order valence-electron chi connectivity index (χ1n) is 10.5. The summed E-state index contributed by atoms with van der Waals surface area (Å²) in [6, 6.07) is 5.28. The molecule has 2 unspecified atom stereocenters. The molecule has 7 heteroatoms. The molecule has 2 N–H and O–H groups in total. The minimum atomic E-state index is -1.05. The number of nitrogens with one attached hydrogen (secondary N) is 2. The lowest BCUT2D eigenvalue weighted by Gasteiger charge is -2.32. The van der Waals surface area contributed by atoms with Crippen LogP contribution in [0.25, 0.3) is 10.9 Å². The molecule has 1 aromatic carbocycles. The van der Waals surface area contributed by atoms with Crippen molar-refractivity contribution in [3.63, 3.8) is 0 Å². The van der Waals surface area contributed by atoms with Crippen LogP contribution >= 0.6 is 0 Å². The molecular formula is C22H28FN3O3. The molecule has 0 spiro atoms. The number of halogens is 1. The molecule has 1 amide bonds. The Morgan fingerprint density at radius 1 is 1.21 bits per heavy atom. The zero-order valence-electron chi connectivity index (χ0n) is 17.0. The summed E-state index contributed by atoms with van der Waals surface area (Å²) >= 11 is 0. The highest BCUT2D eigenvalue weighted by Gasteiger charge is 2.41. The molecule has 6 nitrogen and oxygen atoms in total. The van der Waals surface area contributed by atoms with Gasteiger partial charge in [0, 0.05) is 21.1 Å². The van der Waals surface area contributed by atoms with E-state index >= 15 is 0 Å². The van der Waals surface area contributed by atoms with E-state index in [1.54, 1.807) is 19.1 Å². The number of benzene rings is 1. The van der Waals surface area contributed by atoms with Gasteiger partial charge in [0.15, 0.2) is 0 Å². The van der Waals surface area contributed by atoms with Crippen LogP contribution in [0.5, 0.6) is 0 Å². The van der Waals surface area contributed by atoms with E-state index in [4.69, 9.17) is 0 Å². The lowest BCUT2D eigenvalue weighted by Crippen LogP contribution is -2.43. The Balaban J connectivity index is 1.54. The molecule has 1 aromatic heterocycles. The van der Waals surface area contributed by atoms with E-state index in [2.05, 4.69) is 20.1 Å². The number of nitrogens with zero attached hydrogens (tertiary/aromatic N) is 1. The van der Waals surface area contributed by atoms with Crippen LogP contribution in [-0.2, 0) is 9.74 Å². The molecule has 0 radical (unpaired) electrons. The van der Waals surface area contributed by atoms with Crippen molar-refractivity contribution in [2.24, 2.45) is 11.8 Å². The van der Waals surface area contributed by atoms with Gasteiger partial charge in [-0.1, -0.05) is 32.1 Å². The van der Waals surface area contributed by atoms with Crippen LogP contribution in [0.1, 0.15) is 54.6 Å². The van der Waals surface area contributed by atoms with E-state index in [0.717, 1.165) is 18.4 Å². The third-order valence-corrected chi connectivity index (χ3v) is 6.82. The summed E-state index contributed by atoms with van der Waals surface area (Å²) in [5, 5.41) is 3.83. The second kappa shape index (κ2) is 8.14. The maximum absolute atomic E-state index is 13.2. The fourth-order valence-corrected chi connectivity index (χ4v) is 5.29. The Kier molecular flexibility index (Phi) is 5.58. The number of likely N-dealkylation sites (N-methyl/N-ethyl adjacent to an activating group) is 1. The molecule has 2 aromatic rings. The van der Waals surface area contributed by atoms with Gasteiger partial charge in [0.05, 0.1) is 6.04 Å². The average Bonchev–Trinajstić information content (AvgIpc) is 3.28. The minimum Gasteiger partial charge on any atom is -0.349 e. The third kappa shape index (κ3) is 3.75. The Labute approximate surface area is 169 Å². The van der Waals surface area contributed by atoms with Crippen molar-refractivity contribution in [1.29, 1.82) is 0 Å². The average molecular weight is 401 g/mol. The van der Waals surface area contributed by atoms with Crippen LogP contribution in [0.3, 0.4) is 0 Å². The Bertz CT molecular complexity index is 919. The first-order valence-corrected chi connectivity index (χ1v) is 10.5. The van der Waals surface area contributed by atoms with Gasteiger partial charge in [0.25, 0.3) is 0 Å². The first kappa shape index (κ1) is 19.9. The van der Waals surface area contributed by atoms with E-state index < -0.39 is 5.97 Å². The molecular weight excluding hydrogens is 373 g/mol. The van der Waals surface area contributed by atoms with Crippen molar-refractivity contribution in [2.45, 2.75) is 51.5 Å². The number of likely N-dealkylation sites (tertiary alicyclic amines) is 1. The summed E-state index contributed by atoms with van der Waals surface area (Å²) in [7, 11) is 2.03. The number of hydrogen-bond donors (Lipinski definition) is 2. The smallest absolute Gasteiger partial charge is 0.349 e. The molecule has 1 saturated carbocycles. The van der Waals surface area contributed by atoms with E-state index in [1.807, 2.05) is 13.1 Å². The molecule has 0 bridgehead atoms. The van der Waals surface area contributed by atoms with E-state index in [0.29, 0.717) is 28.6 Å². The van der Waals surface area contributed by atoms with Crippen LogP contribution < -0.4 is 5.32 Å². The quantitative estimate of drug-likeness (QED) is 0.798. The third-order valence-electron chi connectivity index (χ3n) is 6.82. The highest BCUT2D eigenvalue weighted by molar-refractivity contribution is 6.01. The van der Waals surface area contributed by atoms with Crippen LogP contribution in [0.15, 0.2) is 18.2 Å². The number of fused-ring (bicyclic) bond motifs is 1. The number of carbonyl (C=O) groups is 2. The Morgan fingerprint density at radius 3 is 2.69 bits per heavy atom. The van der Waals surface area contributed by atoms with E-state index in [-0.39, 0.29) is 17.6 Å². The summed E-state index contributed by atoms with van der Waals surface area (Å²) < 4.78 is 12.3. The van der Waals surface area contributed by atoms with Gasteiger partial charge < -0.3 is 10.3 Å². The Hall–Kier alpha value is -2.41. The van der Waals surface area contributed by atoms with Crippen molar-refractivity contribution in [3.05, 3.63) is 29.5 Å². The van der Waals surface area contributed by atoms with Crippen molar-refractivity contribution in [3.8, 4) is 0 Å². The maximum Gasteiger partial charge on any atom is 0.395 e. The van der Waals surface area contributed by atoms with Crippen LogP contribution in [0, 0.1) is 18.8 Å². The van der Waals surface area contributed by atoms with Crippen molar-refractivity contribution in [1.82, 2.24) is 9.88 Å². The monoisotopic (exact) mass is 401 g/mol. The summed E-state index contributed by atoms with van der Waals surface area (Å²) in [5.74, 6) is 0.0146. The number of amides is 1. The number of H-pyrrole nitrogens is 1. The van der Waals surface area contributed by atoms with Gasteiger partial charge >= 0.3 is 5.97 Å². The molecule has 2 atom stereocenters. The number of rotatable bonds is 4. The number of aromatic nitrogens is 1. The van der Waals surface area contributed by atoms with Gasteiger partial charge in [-0.2, -0.15) is 0 Å². The van der Waals surface area contributed by atoms with Gasteiger partial charge in [-0.05, 0) is 62.5 Å². The van der Waals surface area contributed by atoms with E-state index in [9.17, 15) is 14.1 Å². The van der Waals surface area contributed by atoms with Crippen molar-refractivity contribution < 1.29 is 19.1 Å². The maximum atomic E-state index is 13.2. The number of aromatic amines is 1. The van der Waals surface area contributed by atoms with Crippen LogP contribution in [0.2, 0.25) is 0 Å². The lowest BCUT2D eigenvalue weighted by molar-refractivity contribution is -0.121. The second-order valence-electron chi connectivity index (χ2n) is 8.52. The highest BCUT2D eigenvalue weighted by atomic mass is 19.3. The number of carbonyl (C=O) groups excluding carboxylic acids is 2. The molecule has 1 saturated heterocycles. The fourth-order valence-electron chi connectivity index (χ4n) is 5.29. The normalized spacial score (nSPS) is 23.4. The van der Waals surface area contributed by atoms with Gasteiger partial charge in [-0.25, -0.2) is 9.74 Å². The second-order valence-corrected chi connectivity index (χ2v) is 8.52. The predicted molar refractivity (Wildman–Crippen MR) is 109 cm³/mol. The summed E-state index contributed by atoms with van der Waals surface area (Å²) in [5.41, 5.74) is 2.04. The van der Waals surface area contributed by atoms with Crippen LogP contribution in [-0.4, -0.2) is 41.4 Å². The number of hydrogen-bond acceptors (Lipinski definition) is 4. The topological polar surface area (TPSA) is 74.4 Å². The molecule has 156 valence electrons. The summed E-state index contributed by atoms with van der Waals surface area (Å²) in [6.45, 7) is 2.67. The first-order chi connectivity index (χ1) is 14.0. The molecule has 29 heavy (non-hydrogen) atoms. The molecule has 2 aliphatic rings. The molecule has 2 heterocycles. The van der Waals surface area contributed by atoms with Gasteiger partial charge in [-0.3, -0.25) is 9.69 Å². The molecule has 1 aliphatic carbocycles. The lowest BCUT2D eigenvalue weighted by atomic mass is 9.76. The predicted octanol–water partition coefficient (Wildman–Crippen LogP) is 4.36. The highest BCUT2D eigenvalue weighted by Crippen LogP contribution is 2.38. The number of anilines is 1. The SMILES string of the molecule is Cc1c(C(=O)OF)[nH]c2ccc(NC(=O)C3C(C4CCCCC4)CCN3C)cc12. The molecule has 2 fully saturated rings. The summed E-state index contributed by atoms with van der Waals surface area (Å²) in [6.07, 6.45) is 7.38. The molecule has 1 aliphatic heterocycles. The van der Waals surface area contributed by atoms with E-state index in [1.165, 1.54) is 32.1 Å². The van der Waals surface area contributed by atoms with Gasteiger partial charge in [0.1, 0.15) is 5.69 Å². The van der Waals surface area contributed by atoms with Gasteiger partial charge in [0.2, 0.25) is 5.91 Å². The minimum absolute atomic E-state index is 0.0245. The fraction of sp³-hybridized carbons (Fsp3) is 0.545. The van der Waals surface area contributed by atoms with Crippen molar-refractivity contribution in [2.75, 3.05) is 18.9 Å². The molecule has 4 rings (SSSR count). The summed E-state index contributed by atoms with van der Waals surface area (Å²) in [4.78, 5) is 33.1. The Morgan fingerprint density at radius 2 is 1.97 bits per heavy atom. The van der Waals surface area contributed by atoms with Crippen molar-refractivity contribution >= 4 is 28.5 Å². The van der Waals surface area contributed by atoms with Gasteiger partial charge in [-0.15, -0.1) is 0 Å². The zero-order chi connectivity index (χ0) is 20.5. The zero-order valence-corrected chi connectivity index (χ0v) is 17.0. The van der Waals surface area contributed by atoms with Crippen LogP contribution in [0.4, 0.5) is 10.2 Å². The standard InChI is InChI=1S/C22H28FN3O3/c1-13-17-12-15(8-9-18(17)25-19(13)22(28)29-23)24-21(27)20-16(10-11-26(20)2)14-6-4-3-5-7-14/h8-9,12,14,16,20,25H,3-7,10-11H2,1-2H3,(H,24,27).